The van der Waals surface area contributed by atoms with Crippen molar-refractivity contribution < 1.29 is 4.79 Å². The maximum atomic E-state index is 12.8. The molecule has 0 aliphatic heterocycles. The molecular weight excluding hydrogens is 382 g/mol. The van der Waals surface area contributed by atoms with Crippen LogP contribution >= 0.6 is 11.8 Å². The molecule has 2 aromatic heterocycles. The lowest BCUT2D eigenvalue weighted by atomic mass is 10.1. The van der Waals surface area contributed by atoms with E-state index < -0.39 is 0 Å². The standard InChI is InChI=1S/C22H23N5OS/c1-4-19(21(28)23-13-16-11-9-14(2)10-12-16)29-22-25-18-8-6-5-7-17(18)20-24-15(3)26-27(20)22/h5-12,19H,4,13H2,1-3H3,(H,23,28)/t19-/m0/s1. The second-order valence-corrected chi connectivity index (χ2v) is 8.19. The number of aryl methyl sites for hydroxylation is 2. The summed E-state index contributed by atoms with van der Waals surface area (Å²) in [5, 5.41) is 8.92. The van der Waals surface area contributed by atoms with E-state index >= 15 is 0 Å². The first-order valence-electron chi connectivity index (χ1n) is 9.67. The van der Waals surface area contributed by atoms with Gasteiger partial charge in [0.1, 0.15) is 5.82 Å². The van der Waals surface area contributed by atoms with Crippen LogP contribution in [0.15, 0.2) is 53.7 Å². The molecule has 2 aromatic carbocycles. The molecule has 2 heterocycles. The lowest BCUT2D eigenvalue weighted by molar-refractivity contribution is -0.120. The van der Waals surface area contributed by atoms with Crippen molar-refractivity contribution in [3.63, 3.8) is 0 Å². The van der Waals surface area contributed by atoms with Crippen molar-refractivity contribution >= 4 is 34.2 Å². The molecule has 7 heteroatoms. The third-order valence-electron chi connectivity index (χ3n) is 4.75. The van der Waals surface area contributed by atoms with E-state index in [-0.39, 0.29) is 11.2 Å². The Bertz CT molecular complexity index is 1170. The molecule has 0 aliphatic carbocycles. The number of amides is 1. The highest BCUT2D eigenvalue weighted by molar-refractivity contribution is 8.00. The van der Waals surface area contributed by atoms with Crippen LogP contribution in [0.1, 0.15) is 30.3 Å². The highest BCUT2D eigenvalue weighted by Crippen LogP contribution is 2.28. The molecule has 0 saturated carbocycles. The fourth-order valence-electron chi connectivity index (χ4n) is 3.17. The Morgan fingerprint density at radius 2 is 1.86 bits per heavy atom. The van der Waals surface area contributed by atoms with Gasteiger partial charge in [0.2, 0.25) is 5.91 Å². The number of nitrogens with zero attached hydrogens (tertiary/aromatic N) is 4. The van der Waals surface area contributed by atoms with Gasteiger partial charge >= 0.3 is 0 Å². The van der Waals surface area contributed by atoms with Crippen molar-refractivity contribution in [3.8, 4) is 0 Å². The smallest absolute Gasteiger partial charge is 0.233 e. The highest BCUT2D eigenvalue weighted by atomic mass is 32.2. The zero-order chi connectivity index (χ0) is 20.4. The Morgan fingerprint density at radius 1 is 1.10 bits per heavy atom. The van der Waals surface area contributed by atoms with Crippen LogP contribution in [0, 0.1) is 13.8 Å². The summed E-state index contributed by atoms with van der Waals surface area (Å²) in [4.78, 5) is 22.1. The Hall–Kier alpha value is -2.93. The normalized spacial score (nSPS) is 12.4. The topological polar surface area (TPSA) is 72.2 Å². The third kappa shape index (κ3) is 4.10. The van der Waals surface area contributed by atoms with Crippen LogP contribution in [0.25, 0.3) is 16.6 Å². The van der Waals surface area contributed by atoms with Crippen LogP contribution in [0.4, 0.5) is 0 Å². The Kier molecular flexibility index (Phi) is 5.49. The number of rotatable bonds is 6. The maximum Gasteiger partial charge on any atom is 0.233 e. The predicted octanol–water partition coefficient (Wildman–Crippen LogP) is 4.08. The van der Waals surface area contributed by atoms with Gasteiger partial charge in [-0.05, 0) is 38.0 Å². The quantitative estimate of drug-likeness (QED) is 0.387. The van der Waals surface area contributed by atoms with Crippen LogP contribution in [-0.4, -0.2) is 30.7 Å². The summed E-state index contributed by atoms with van der Waals surface area (Å²) in [6, 6.07) is 16.1. The molecule has 1 N–H and O–H groups in total. The van der Waals surface area contributed by atoms with Gasteiger partial charge in [-0.2, -0.15) is 4.52 Å². The van der Waals surface area contributed by atoms with E-state index in [2.05, 4.69) is 34.5 Å². The van der Waals surface area contributed by atoms with Gasteiger partial charge in [-0.15, -0.1) is 5.10 Å². The number of hydrogen-bond donors (Lipinski definition) is 1. The number of aromatic nitrogens is 4. The fourth-order valence-corrected chi connectivity index (χ4v) is 4.16. The first-order chi connectivity index (χ1) is 14.0. The van der Waals surface area contributed by atoms with Gasteiger partial charge in [0.05, 0.1) is 10.8 Å². The Labute approximate surface area is 173 Å². The number of carbonyl (C=O) groups is 1. The Morgan fingerprint density at radius 3 is 2.62 bits per heavy atom. The highest BCUT2D eigenvalue weighted by Gasteiger charge is 2.22. The molecule has 0 spiro atoms. The lowest BCUT2D eigenvalue weighted by Crippen LogP contribution is -2.32. The van der Waals surface area contributed by atoms with E-state index in [0.717, 1.165) is 22.1 Å². The summed E-state index contributed by atoms with van der Waals surface area (Å²) in [6.45, 7) is 6.43. The van der Waals surface area contributed by atoms with E-state index in [1.807, 2.05) is 50.2 Å². The molecule has 6 nitrogen and oxygen atoms in total. The molecule has 0 fully saturated rings. The van der Waals surface area contributed by atoms with Gasteiger partial charge in [-0.3, -0.25) is 4.79 Å². The van der Waals surface area contributed by atoms with E-state index in [9.17, 15) is 4.79 Å². The Balaban J connectivity index is 1.58. The summed E-state index contributed by atoms with van der Waals surface area (Å²) >= 11 is 1.43. The van der Waals surface area contributed by atoms with Gasteiger partial charge in [0.25, 0.3) is 0 Å². The minimum Gasteiger partial charge on any atom is -0.351 e. The molecule has 4 aromatic rings. The second-order valence-electron chi connectivity index (χ2n) is 7.02. The number of nitrogens with one attached hydrogen (secondary N) is 1. The van der Waals surface area contributed by atoms with E-state index in [0.29, 0.717) is 23.9 Å². The molecule has 1 atom stereocenters. The van der Waals surface area contributed by atoms with Crippen LogP contribution < -0.4 is 5.32 Å². The molecule has 0 aliphatic rings. The van der Waals surface area contributed by atoms with Crippen molar-refractivity contribution in [1.29, 1.82) is 0 Å². The average molecular weight is 406 g/mol. The number of para-hydroxylation sites is 1. The first kappa shape index (κ1) is 19.4. The van der Waals surface area contributed by atoms with Crippen LogP contribution in [0.5, 0.6) is 0 Å². The zero-order valence-corrected chi connectivity index (χ0v) is 17.5. The summed E-state index contributed by atoms with van der Waals surface area (Å²) < 4.78 is 1.75. The van der Waals surface area contributed by atoms with Gasteiger partial charge in [-0.25, -0.2) is 9.97 Å². The van der Waals surface area contributed by atoms with E-state index in [1.54, 1.807) is 4.52 Å². The summed E-state index contributed by atoms with van der Waals surface area (Å²) in [5.74, 6) is 0.680. The number of thioether (sulfide) groups is 1. The number of fused-ring (bicyclic) bond motifs is 3. The van der Waals surface area contributed by atoms with Crippen LogP contribution in [0.3, 0.4) is 0 Å². The van der Waals surface area contributed by atoms with Crippen LogP contribution in [-0.2, 0) is 11.3 Å². The van der Waals surface area contributed by atoms with Gasteiger partial charge in [0.15, 0.2) is 10.8 Å². The first-order valence-corrected chi connectivity index (χ1v) is 10.5. The van der Waals surface area contributed by atoms with Crippen molar-refractivity contribution in [2.24, 2.45) is 0 Å². The van der Waals surface area contributed by atoms with Crippen molar-refractivity contribution in [3.05, 3.63) is 65.5 Å². The molecular formula is C22H23N5OS. The van der Waals surface area contributed by atoms with E-state index in [4.69, 9.17) is 4.98 Å². The maximum absolute atomic E-state index is 12.8. The third-order valence-corrected chi connectivity index (χ3v) is 6.06. The van der Waals surface area contributed by atoms with Gasteiger partial charge < -0.3 is 5.32 Å². The molecule has 0 radical (unpaired) electrons. The monoisotopic (exact) mass is 405 g/mol. The van der Waals surface area contributed by atoms with E-state index in [1.165, 1.54) is 17.3 Å². The van der Waals surface area contributed by atoms with Crippen molar-refractivity contribution in [1.82, 2.24) is 24.9 Å². The lowest BCUT2D eigenvalue weighted by Gasteiger charge is -2.15. The van der Waals surface area contributed by atoms with Crippen molar-refractivity contribution in [2.45, 2.75) is 44.1 Å². The molecule has 0 saturated heterocycles. The second kappa shape index (κ2) is 8.21. The van der Waals surface area contributed by atoms with Gasteiger partial charge in [-0.1, -0.05) is 60.6 Å². The number of carbonyl (C=O) groups excluding carboxylic acids is 1. The summed E-state index contributed by atoms with van der Waals surface area (Å²) in [6.07, 6.45) is 0.689. The molecule has 0 bridgehead atoms. The average Bonchev–Trinajstić information content (AvgIpc) is 3.13. The summed E-state index contributed by atoms with van der Waals surface area (Å²) in [5.41, 5.74) is 3.91. The number of benzene rings is 2. The summed E-state index contributed by atoms with van der Waals surface area (Å²) in [7, 11) is 0. The predicted molar refractivity (Wildman–Crippen MR) is 116 cm³/mol. The minimum absolute atomic E-state index is 0.00183. The van der Waals surface area contributed by atoms with Crippen LogP contribution in [0.2, 0.25) is 0 Å². The molecule has 148 valence electrons. The molecule has 1 amide bonds. The fraction of sp³-hybridized carbons (Fsp3) is 0.273. The molecule has 0 unspecified atom stereocenters. The minimum atomic E-state index is -0.262. The van der Waals surface area contributed by atoms with Gasteiger partial charge in [0, 0.05) is 11.9 Å². The largest absolute Gasteiger partial charge is 0.351 e. The SMILES string of the molecule is CC[C@H](Sc1nc2ccccc2c2nc(C)nn12)C(=O)NCc1ccc(C)cc1. The molecule has 4 rings (SSSR count). The zero-order valence-electron chi connectivity index (χ0n) is 16.7. The molecule has 29 heavy (non-hydrogen) atoms. The van der Waals surface area contributed by atoms with Crippen molar-refractivity contribution in [2.75, 3.05) is 0 Å². The number of hydrogen-bond acceptors (Lipinski definition) is 5.